The molecule has 3 atom stereocenters. The third-order valence-corrected chi connectivity index (χ3v) is 4.59. The van der Waals surface area contributed by atoms with Crippen LogP contribution in [0.5, 0.6) is 0 Å². The Labute approximate surface area is 96.1 Å². The van der Waals surface area contributed by atoms with Crippen LogP contribution in [-0.4, -0.2) is 24.0 Å². The summed E-state index contributed by atoms with van der Waals surface area (Å²) in [5.74, 6) is 0.678. The van der Waals surface area contributed by atoms with E-state index in [9.17, 15) is 0 Å². The molecule has 0 amide bonds. The molecule has 1 aliphatic rings. The maximum absolute atomic E-state index is 6.12. The zero-order chi connectivity index (χ0) is 10.8. The highest BCUT2D eigenvalue weighted by Gasteiger charge is 2.26. The lowest BCUT2D eigenvalue weighted by atomic mass is 9.93. The van der Waals surface area contributed by atoms with Gasteiger partial charge in [-0.1, -0.05) is 13.0 Å². The minimum absolute atomic E-state index is 0.348. The van der Waals surface area contributed by atoms with E-state index in [-0.39, 0.29) is 0 Å². The van der Waals surface area contributed by atoms with Crippen molar-refractivity contribution >= 4 is 11.3 Å². The van der Waals surface area contributed by atoms with Crippen LogP contribution < -0.4 is 5.73 Å². The van der Waals surface area contributed by atoms with Crippen molar-refractivity contribution in [1.82, 2.24) is 4.90 Å². The van der Waals surface area contributed by atoms with E-state index in [1.165, 1.54) is 17.8 Å². The molecule has 1 aliphatic heterocycles. The SMILES string of the molecule is CC1CCN(C(C)c2cccs2)CC1N. The second-order valence-corrected chi connectivity index (χ2v) is 5.60. The van der Waals surface area contributed by atoms with E-state index < -0.39 is 0 Å². The number of hydrogen-bond acceptors (Lipinski definition) is 3. The summed E-state index contributed by atoms with van der Waals surface area (Å²) in [5, 5.41) is 2.15. The first kappa shape index (κ1) is 11.1. The molecule has 2 N–H and O–H groups in total. The van der Waals surface area contributed by atoms with Crippen molar-refractivity contribution in [3.63, 3.8) is 0 Å². The van der Waals surface area contributed by atoms with Crippen molar-refractivity contribution in [2.45, 2.75) is 32.4 Å². The second-order valence-electron chi connectivity index (χ2n) is 4.62. The molecule has 0 radical (unpaired) electrons. The molecular weight excluding hydrogens is 204 g/mol. The van der Waals surface area contributed by atoms with Crippen LogP contribution in [0.2, 0.25) is 0 Å². The van der Waals surface area contributed by atoms with E-state index >= 15 is 0 Å². The van der Waals surface area contributed by atoms with Gasteiger partial charge in [0.2, 0.25) is 0 Å². The molecule has 0 aromatic carbocycles. The lowest BCUT2D eigenvalue weighted by Gasteiger charge is -2.38. The van der Waals surface area contributed by atoms with Gasteiger partial charge in [-0.15, -0.1) is 11.3 Å². The molecule has 0 saturated carbocycles. The fourth-order valence-electron chi connectivity index (χ4n) is 2.19. The minimum atomic E-state index is 0.348. The van der Waals surface area contributed by atoms with Gasteiger partial charge >= 0.3 is 0 Å². The zero-order valence-corrected chi connectivity index (χ0v) is 10.3. The van der Waals surface area contributed by atoms with Gasteiger partial charge in [-0.2, -0.15) is 0 Å². The Hall–Kier alpha value is -0.380. The summed E-state index contributed by atoms with van der Waals surface area (Å²) in [6, 6.07) is 5.23. The smallest absolute Gasteiger partial charge is 0.0413 e. The molecule has 1 aromatic rings. The monoisotopic (exact) mass is 224 g/mol. The fraction of sp³-hybridized carbons (Fsp3) is 0.667. The number of nitrogens with zero attached hydrogens (tertiary/aromatic N) is 1. The van der Waals surface area contributed by atoms with E-state index in [0.717, 1.165) is 6.54 Å². The summed E-state index contributed by atoms with van der Waals surface area (Å²) in [6.07, 6.45) is 1.23. The van der Waals surface area contributed by atoms with Crippen LogP contribution in [0.3, 0.4) is 0 Å². The fourth-order valence-corrected chi connectivity index (χ4v) is 3.00. The Kier molecular flexibility index (Phi) is 3.44. The van der Waals surface area contributed by atoms with E-state index in [1.54, 1.807) is 0 Å². The van der Waals surface area contributed by atoms with Gasteiger partial charge in [0.25, 0.3) is 0 Å². The van der Waals surface area contributed by atoms with Gasteiger partial charge in [0.05, 0.1) is 0 Å². The van der Waals surface area contributed by atoms with E-state index in [2.05, 4.69) is 36.3 Å². The zero-order valence-electron chi connectivity index (χ0n) is 9.52. The Morgan fingerprint density at radius 3 is 3.00 bits per heavy atom. The predicted octanol–water partition coefficient (Wildman–Crippen LogP) is 2.48. The van der Waals surface area contributed by atoms with Gasteiger partial charge in [-0.25, -0.2) is 0 Å². The molecule has 1 fully saturated rings. The summed E-state index contributed by atoms with van der Waals surface area (Å²) in [5.41, 5.74) is 6.12. The summed E-state index contributed by atoms with van der Waals surface area (Å²) in [4.78, 5) is 3.97. The van der Waals surface area contributed by atoms with Crippen molar-refractivity contribution in [1.29, 1.82) is 0 Å². The Bertz CT molecular complexity index is 297. The van der Waals surface area contributed by atoms with E-state index in [0.29, 0.717) is 18.0 Å². The topological polar surface area (TPSA) is 29.3 Å². The van der Waals surface area contributed by atoms with E-state index in [4.69, 9.17) is 5.73 Å². The number of hydrogen-bond donors (Lipinski definition) is 1. The third-order valence-electron chi connectivity index (χ3n) is 3.55. The molecule has 2 heterocycles. The Morgan fingerprint density at radius 2 is 2.40 bits per heavy atom. The van der Waals surface area contributed by atoms with Gasteiger partial charge in [0.15, 0.2) is 0 Å². The van der Waals surface area contributed by atoms with Crippen molar-refractivity contribution < 1.29 is 0 Å². The van der Waals surface area contributed by atoms with Gasteiger partial charge in [-0.05, 0) is 37.3 Å². The summed E-state index contributed by atoms with van der Waals surface area (Å²) >= 11 is 1.84. The molecule has 3 heteroatoms. The molecule has 2 rings (SSSR count). The van der Waals surface area contributed by atoms with Crippen molar-refractivity contribution in [3.05, 3.63) is 22.4 Å². The summed E-state index contributed by atoms with van der Waals surface area (Å²) in [6.45, 7) is 6.78. The average molecular weight is 224 g/mol. The van der Waals surface area contributed by atoms with Crippen LogP contribution in [-0.2, 0) is 0 Å². The maximum Gasteiger partial charge on any atom is 0.0413 e. The normalized spacial score (nSPS) is 30.3. The lowest BCUT2D eigenvalue weighted by Crippen LogP contribution is -2.48. The van der Waals surface area contributed by atoms with Crippen LogP contribution in [0.4, 0.5) is 0 Å². The first-order valence-electron chi connectivity index (χ1n) is 5.71. The molecule has 3 unspecified atom stereocenters. The third kappa shape index (κ3) is 2.41. The first-order chi connectivity index (χ1) is 7.18. The number of rotatable bonds is 2. The average Bonchev–Trinajstić information content (AvgIpc) is 2.74. The predicted molar refractivity (Wildman–Crippen MR) is 66.1 cm³/mol. The Balaban J connectivity index is 2.00. The first-order valence-corrected chi connectivity index (χ1v) is 6.59. The van der Waals surface area contributed by atoms with Gasteiger partial charge < -0.3 is 5.73 Å². The Morgan fingerprint density at radius 1 is 1.60 bits per heavy atom. The van der Waals surface area contributed by atoms with Crippen LogP contribution >= 0.6 is 11.3 Å². The van der Waals surface area contributed by atoms with Crippen molar-refractivity contribution in [3.8, 4) is 0 Å². The molecule has 0 bridgehead atoms. The highest BCUT2D eigenvalue weighted by Crippen LogP contribution is 2.28. The largest absolute Gasteiger partial charge is 0.326 e. The van der Waals surface area contributed by atoms with Gasteiger partial charge in [-0.3, -0.25) is 4.90 Å². The van der Waals surface area contributed by atoms with Gasteiger partial charge in [0, 0.05) is 23.5 Å². The van der Waals surface area contributed by atoms with Crippen LogP contribution in [0.15, 0.2) is 17.5 Å². The molecular formula is C12H20N2S. The maximum atomic E-state index is 6.12. The molecule has 84 valence electrons. The second kappa shape index (κ2) is 4.64. The number of thiophene rings is 1. The highest BCUT2D eigenvalue weighted by molar-refractivity contribution is 7.10. The quantitative estimate of drug-likeness (QED) is 0.836. The number of likely N-dealkylation sites (tertiary alicyclic amines) is 1. The molecule has 2 nitrogen and oxygen atoms in total. The van der Waals surface area contributed by atoms with Crippen LogP contribution in [0.25, 0.3) is 0 Å². The van der Waals surface area contributed by atoms with Crippen molar-refractivity contribution in [2.24, 2.45) is 11.7 Å². The molecule has 15 heavy (non-hydrogen) atoms. The lowest BCUT2D eigenvalue weighted by molar-refractivity contribution is 0.130. The van der Waals surface area contributed by atoms with E-state index in [1.807, 2.05) is 11.3 Å². The van der Waals surface area contributed by atoms with Crippen molar-refractivity contribution in [2.75, 3.05) is 13.1 Å². The molecule has 1 aromatic heterocycles. The molecule has 0 aliphatic carbocycles. The van der Waals surface area contributed by atoms with Crippen LogP contribution in [0.1, 0.15) is 31.2 Å². The standard InChI is InChI=1S/C12H20N2S/c1-9-5-6-14(8-11(9)13)10(2)12-4-3-7-15-12/h3-4,7,9-11H,5-6,8,13H2,1-2H3. The molecule has 1 saturated heterocycles. The highest BCUT2D eigenvalue weighted by atomic mass is 32.1. The van der Waals surface area contributed by atoms with Crippen LogP contribution in [0, 0.1) is 5.92 Å². The summed E-state index contributed by atoms with van der Waals surface area (Å²) < 4.78 is 0. The summed E-state index contributed by atoms with van der Waals surface area (Å²) in [7, 11) is 0. The number of piperidine rings is 1. The number of nitrogens with two attached hydrogens (primary N) is 1. The van der Waals surface area contributed by atoms with Gasteiger partial charge in [0.1, 0.15) is 0 Å². The molecule has 0 spiro atoms. The minimum Gasteiger partial charge on any atom is -0.326 e.